The Balaban J connectivity index is 1.76. The Labute approximate surface area is 155 Å². The van der Waals surface area contributed by atoms with Gasteiger partial charge in [0, 0.05) is 0 Å². The van der Waals surface area contributed by atoms with Crippen LogP contribution in [0.3, 0.4) is 0 Å². The third-order valence-corrected chi connectivity index (χ3v) is 5.11. The Kier molecular flexibility index (Phi) is 6.65. The molecule has 0 aromatic heterocycles. The number of hydrogen-bond donors (Lipinski definition) is 1. The number of nitrogens with one attached hydrogen (secondary N) is 1. The minimum absolute atomic E-state index is 0.0463. The van der Waals surface area contributed by atoms with E-state index in [2.05, 4.69) is 5.32 Å². The van der Waals surface area contributed by atoms with Gasteiger partial charge in [0.1, 0.15) is 5.60 Å². The van der Waals surface area contributed by atoms with Gasteiger partial charge >= 0.3 is 6.09 Å². The van der Waals surface area contributed by atoms with E-state index >= 15 is 0 Å². The summed E-state index contributed by atoms with van der Waals surface area (Å²) in [6, 6.07) is 6.33. The lowest BCUT2D eigenvalue weighted by molar-refractivity contribution is -0.0275. The van der Waals surface area contributed by atoms with Crippen molar-refractivity contribution < 1.29 is 26.9 Å². The molecule has 1 amide bonds. The van der Waals surface area contributed by atoms with Crippen molar-refractivity contribution in [2.75, 3.05) is 13.2 Å². The predicted octanol–water partition coefficient (Wildman–Crippen LogP) is 2.77. The first-order valence-electron chi connectivity index (χ1n) is 8.62. The van der Waals surface area contributed by atoms with Crippen LogP contribution in [-0.2, 0) is 23.8 Å². The van der Waals surface area contributed by atoms with Crippen LogP contribution in [0.25, 0.3) is 0 Å². The summed E-state index contributed by atoms with van der Waals surface area (Å²) in [5, 5.41) is 2.75. The Morgan fingerprint density at radius 1 is 1.23 bits per heavy atom. The largest absolute Gasteiger partial charge is 0.444 e. The van der Waals surface area contributed by atoms with E-state index in [1.54, 1.807) is 32.9 Å². The smallest absolute Gasteiger partial charge is 0.407 e. The molecule has 1 heterocycles. The van der Waals surface area contributed by atoms with Crippen molar-refractivity contribution >= 4 is 16.2 Å². The monoisotopic (exact) mass is 385 g/mol. The molecule has 2 unspecified atom stereocenters. The van der Waals surface area contributed by atoms with Crippen LogP contribution in [0.2, 0.25) is 0 Å². The lowest BCUT2D eigenvalue weighted by atomic mass is 10.1. The standard InChI is InChI=1S/C18H27NO6S/c1-13-5-9-16(10-6-13)26(21,22)24-12-15-8-7-14(11-23-15)19-17(20)25-18(2,3)4/h5-6,9-10,14-15H,7-8,11-12H2,1-4H3,(H,19,20). The van der Waals surface area contributed by atoms with Gasteiger partial charge < -0.3 is 14.8 Å². The summed E-state index contributed by atoms with van der Waals surface area (Å²) in [6.07, 6.45) is 0.441. The van der Waals surface area contributed by atoms with Crippen molar-refractivity contribution in [1.82, 2.24) is 5.32 Å². The maximum atomic E-state index is 12.2. The maximum absolute atomic E-state index is 12.2. The van der Waals surface area contributed by atoms with Crippen molar-refractivity contribution in [3.8, 4) is 0 Å². The summed E-state index contributed by atoms with van der Waals surface area (Å²) >= 11 is 0. The Morgan fingerprint density at radius 3 is 2.42 bits per heavy atom. The SMILES string of the molecule is Cc1ccc(S(=O)(=O)OCC2CCC(NC(=O)OC(C)(C)C)CO2)cc1. The molecule has 1 N–H and O–H groups in total. The molecule has 7 nitrogen and oxygen atoms in total. The van der Waals surface area contributed by atoms with E-state index in [9.17, 15) is 13.2 Å². The van der Waals surface area contributed by atoms with E-state index in [4.69, 9.17) is 13.7 Å². The van der Waals surface area contributed by atoms with Crippen LogP contribution < -0.4 is 5.32 Å². The summed E-state index contributed by atoms with van der Waals surface area (Å²) in [5.41, 5.74) is 0.420. The molecule has 2 rings (SSSR count). The quantitative estimate of drug-likeness (QED) is 0.784. The average molecular weight is 385 g/mol. The van der Waals surface area contributed by atoms with Crippen molar-refractivity contribution in [3.05, 3.63) is 29.8 Å². The molecule has 8 heteroatoms. The van der Waals surface area contributed by atoms with Gasteiger partial charge in [-0.1, -0.05) is 17.7 Å². The molecule has 1 aromatic rings. The van der Waals surface area contributed by atoms with Gasteiger partial charge in [0.2, 0.25) is 0 Å². The number of aryl methyl sites for hydroxylation is 1. The van der Waals surface area contributed by atoms with E-state index in [-0.39, 0.29) is 30.3 Å². The van der Waals surface area contributed by atoms with Crippen molar-refractivity contribution in [1.29, 1.82) is 0 Å². The summed E-state index contributed by atoms with van der Waals surface area (Å²) in [7, 11) is -3.80. The van der Waals surface area contributed by atoms with E-state index in [0.717, 1.165) is 5.56 Å². The lowest BCUT2D eigenvalue weighted by Crippen LogP contribution is -2.45. The van der Waals surface area contributed by atoms with E-state index in [1.165, 1.54) is 12.1 Å². The number of ether oxygens (including phenoxy) is 2. The first-order valence-corrected chi connectivity index (χ1v) is 10.0. The Hall–Kier alpha value is -1.64. The fourth-order valence-corrected chi connectivity index (χ4v) is 3.40. The van der Waals surface area contributed by atoms with Gasteiger partial charge in [-0.3, -0.25) is 4.18 Å². The number of hydrogen-bond acceptors (Lipinski definition) is 6. The zero-order valence-corrected chi connectivity index (χ0v) is 16.5. The molecule has 1 aromatic carbocycles. The molecule has 146 valence electrons. The first-order chi connectivity index (χ1) is 12.0. The molecule has 1 fully saturated rings. The van der Waals surface area contributed by atoms with Crippen LogP contribution in [-0.4, -0.2) is 45.5 Å². The van der Waals surface area contributed by atoms with Gasteiger partial charge in [0.15, 0.2) is 0 Å². The van der Waals surface area contributed by atoms with E-state index < -0.39 is 21.8 Å². The second-order valence-corrected chi connectivity index (χ2v) is 9.04. The highest BCUT2D eigenvalue weighted by Crippen LogP contribution is 2.18. The predicted molar refractivity (Wildman–Crippen MR) is 96.4 cm³/mol. The zero-order chi connectivity index (χ0) is 19.4. The molecule has 26 heavy (non-hydrogen) atoms. The third-order valence-electron chi connectivity index (χ3n) is 3.81. The summed E-state index contributed by atoms with van der Waals surface area (Å²) in [5.74, 6) is 0. The van der Waals surface area contributed by atoms with Gasteiger partial charge in [-0.25, -0.2) is 4.79 Å². The van der Waals surface area contributed by atoms with Crippen LogP contribution in [0.5, 0.6) is 0 Å². The topological polar surface area (TPSA) is 90.9 Å². The van der Waals surface area contributed by atoms with Gasteiger partial charge in [-0.2, -0.15) is 8.42 Å². The highest BCUT2D eigenvalue weighted by atomic mass is 32.2. The van der Waals surface area contributed by atoms with E-state index in [0.29, 0.717) is 12.8 Å². The summed E-state index contributed by atoms with van der Waals surface area (Å²) in [6.45, 7) is 7.52. The van der Waals surface area contributed by atoms with Crippen molar-refractivity contribution in [3.63, 3.8) is 0 Å². The van der Waals surface area contributed by atoms with Gasteiger partial charge in [-0.15, -0.1) is 0 Å². The van der Waals surface area contributed by atoms with Crippen LogP contribution in [0.1, 0.15) is 39.2 Å². The lowest BCUT2D eigenvalue weighted by Gasteiger charge is -2.30. The second-order valence-electron chi connectivity index (χ2n) is 7.43. The van der Waals surface area contributed by atoms with Crippen LogP contribution in [0, 0.1) is 6.92 Å². The number of rotatable bonds is 5. The number of amides is 1. The second kappa shape index (κ2) is 8.37. The maximum Gasteiger partial charge on any atom is 0.407 e. The third kappa shape index (κ3) is 6.59. The highest BCUT2D eigenvalue weighted by Gasteiger charge is 2.27. The number of carbonyl (C=O) groups is 1. The molecule has 0 bridgehead atoms. The molecule has 1 saturated heterocycles. The summed E-state index contributed by atoms with van der Waals surface area (Å²) < 4.78 is 40.3. The van der Waals surface area contributed by atoms with Gasteiger partial charge in [0.25, 0.3) is 10.1 Å². The molecule has 1 aliphatic heterocycles. The van der Waals surface area contributed by atoms with Crippen LogP contribution >= 0.6 is 0 Å². The minimum atomic E-state index is -3.80. The van der Waals surface area contributed by atoms with Gasteiger partial charge in [-0.05, 0) is 52.7 Å². The van der Waals surface area contributed by atoms with E-state index in [1.807, 2.05) is 6.92 Å². The molecule has 0 aliphatic carbocycles. The van der Waals surface area contributed by atoms with Crippen molar-refractivity contribution in [2.24, 2.45) is 0 Å². The average Bonchev–Trinajstić information content (AvgIpc) is 2.53. The molecule has 0 spiro atoms. The molecule has 2 atom stereocenters. The molecular weight excluding hydrogens is 358 g/mol. The minimum Gasteiger partial charge on any atom is -0.444 e. The zero-order valence-electron chi connectivity index (χ0n) is 15.7. The van der Waals surface area contributed by atoms with Crippen LogP contribution in [0.4, 0.5) is 4.79 Å². The number of alkyl carbamates (subject to hydrolysis) is 1. The first kappa shape index (κ1) is 20.7. The normalized spacial score (nSPS) is 21.2. The van der Waals surface area contributed by atoms with Crippen LogP contribution in [0.15, 0.2) is 29.2 Å². The fourth-order valence-electron chi connectivity index (χ4n) is 2.46. The summed E-state index contributed by atoms with van der Waals surface area (Å²) in [4.78, 5) is 11.9. The molecule has 0 saturated carbocycles. The highest BCUT2D eigenvalue weighted by molar-refractivity contribution is 7.86. The molecular formula is C18H27NO6S. The van der Waals surface area contributed by atoms with Crippen molar-refractivity contribution in [2.45, 2.75) is 63.2 Å². The fraction of sp³-hybridized carbons (Fsp3) is 0.611. The number of benzene rings is 1. The van der Waals surface area contributed by atoms with Gasteiger partial charge in [0.05, 0.1) is 30.3 Å². The Morgan fingerprint density at radius 2 is 1.88 bits per heavy atom. The molecule has 1 aliphatic rings. The Bertz CT molecular complexity index is 700. The number of carbonyl (C=O) groups excluding carboxylic acids is 1. The molecule has 0 radical (unpaired) electrons.